The number of fused-ring (bicyclic) bond motifs is 1. The number of nitrogens with zero attached hydrogens (tertiary/aromatic N) is 1. The largest absolute Gasteiger partial charge is 0.308 e. The monoisotopic (exact) mass is 266 g/mol. The maximum atomic E-state index is 6.00. The molecule has 1 N–H and O–H groups in total. The second-order valence-electron chi connectivity index (χ2n) is 4.80. The molecule has 0 aliphatic carbocycles. The van der Waals surface area contributed by atoms with E-state index in [0.717, 1.165) is 23.0 Å². The summed E-state index contributed by atoms with van der Waals surface area (Å²) in [6.07, 6.45) is 2.46. The fraction of sp³-hybridized carbons (Fsp3) is 0.462. The zero-order valence-electron chi connectivity index (χ0n) is 9.74. The first-order valence-electron chi connectivity index (χ1n) is 6.02. The summed E-state index contributed by atoms with van der Waals surface area (Å²) in [6, 6.07) is 6.34. The van der Waals surface area contributed by atoms with Crippen LogP contribution in [0.15, 0.2) is 18.2 Å². The van der Waals surface area contributed by atoms with Gasteiger partial charge in [-0.3, -0.25) is 0 Å². The van der Waals surface area contributed by atoms with E-state index in [1.54, 1.807) is 11.3 Å². The van der Waals surface area contributed by atoms with E-state index in [-0.39, 0.29) is 0 Å². The molecule has 1 aromatic heterocycles. The molecule has 1 aliphatic heterocycles. The maximum absolute atomic E-state index is 6.00. The highest BCUT2D eigenvalue weighted by Gasteiger charge is 2.22. The van der Waals surface area contributed by atoms with E-state index in [0.29, 0.717) is 6.04 Å². The van der Waals surface area contributed by atoms with Gasteiger partial charge in [0.2, 0.25) is 0 Å². The van der Waals surface area contributed by atoms with Crippen molar-refractivity contribution in [1.29, 1.82) is 0 Å². The summed E-state index contributed by atoms with van der Waals surface area (Å²) >= 11 is 7.76. The normalized spacial score (nSPS) is 25.3. The first-order valence-corrected chi connectivity index (χ1v) is 7.21. The second kappa shape index (κ2) is 4.56. The van der Waals surface area contributed by atoms with Crippen molar-refractivity contribution in [2.24, 2.45) is 5.92 Å². The molecule has 2 heterocycles. The van der Waals surface area contributed by atoms with Gasteiger partial charge in [-0.05, 0) is 43.5 Å². The Balaban J connectivity index is 1.94. The minimum atomic E-state index is 0.426. The predicted octanol–water partition coefficient (Wildman–Crippen LogP) is 4.01. The van der Waals surface area contributed by atoms with Crippen LogP contribution >= 0.6 is 22.9 Å². The van der Waals surface area contributed by atoms with Crippen molar-refractivity contribution in [3.63, 3.8) is 0 Å². The number of thiazole rings is 1. The zero-order chi connectivity index (χ0) is 11.8. The molecule has 2 aromatic rings. The van der Waals surface area contributed by atoms with Crippen molar-refractivity contribution in [3.8, 4) is 0 Å². The number of halogens is 1. The summed E-state index contributed by atoms with van der Waals surface area (Å²) in [6.45, 7) is 3.42. The van der Waals surface area contributed by atoms with E-state index >= 15 is 0 Å². The van der Waals surface area contributed by atoms with E-state index in [1.165, 1.54) is 22.5 Å². The van der Waals surface area contributed by atoms with Crippen molar-refractivity contribution >= 4 is 33.2 Å². The number of rotatable bonds is 1. The van der Waals surface area contributed by atoms with Gasteiger partial charge in [-0.2, -0.15) is 0 Å². The van der Waals surface area contributed by atoms with Crippen LogP contribution in [0.4, 0.5) is 0 Å². The molecule has 0 bridgehead atoms. The van der Waals surface area contributed by atoms with E-state index in [9.17, 15) is 0 Å². The molecule has 0 saturated carbocycles. The number of hydrogen-bond acceptors (Lipinski definition) is 3. The minimum Gasteiger partial charge on any atom is -0.308 e. The van der Waals surface area contributed by atoms with E-state index < -0.39 is 0 Å². The molecule has 0 amide bonds. The molecule has 2 atom stereocenters. The van der Waals surface area contributed by atoms with Crippen LogP contribution in [0.3, 0.4) is 0 Å². The molecule has 17 heavy (non-hydrogen) atoms. The third-order valence-electron chi connectivity index (χ3n) is 3.33. The third-order valence-corrected chi connectivity index (χ3v) is 4.70. The lowest BCUT2D eigenvalue weighted by Crippen LogP contribution is -2.30. The van der Waals surface area contributed by atoms with Crippen LogP contribution in [0.1, 0.15) is 30.8 Å². The summed E-state index contributed by atoms with van der Waals surface area (Å²) < 4.78 is 1.19. The molecule has 1 saturated heterocycles. The van der Waals surface area contributed by atoms with Crippen LogP contribution in [-0.2, 0) is 0 Å². The lowest BCUT2D eigenvalue weighted by Gasteiger charge is -2.26. The highest BCUT2D eigenvalue weighted by atomic mass is 35.5. The van der Waals surface area contributed by atoms with Gasteiger partial charge in [0.1, 0.15) is 5.01 Å². The number of hydrogen-bond donors (Lipinski definition) is 1. The maximum Gasteiger partial charge on any atom is 0.111 e. The van der Waals surface area contributed by atoms with Gasteiger partial charge in [-0.1, -0.05) is 18.5 Å². The van der Waals surface area contributed by atoms with Crippen LogP contribution in [0.25, 0.3) is 10.2 Å². The summed E-state index contributed by atoms with van der Waals surface area (Å²) in [7, 11) is 0. The first kappa shape index (κ1) is 11.5. The van der Waals surface area contributed by atoms with Gasteiger partial charge in [0.25, 0.3) is 0 Å². The Morgan fingerprint density at radius 3 is 3.18 bits per heavy atom. The van der Waals surface area contributed by atoms with Crippen molar-refractivity contribution in [3.05, 3.63) is 28.2 Å². The van der Waals surface area contributed by atoms with Crippen molar-refractivity contribution in [1.82, 2.24) is 10.3 Å². The van der Waals surface area contributed by atoms with Gasteiger partial charge in [-0.15, -0.1) is 11.3 Å². The van der Waals surface area contributed by atoms with E-state index in [1.807, 2.05) is 18.2 Å². The minimum absolute atomic E-state index is 0.426. The molecule has 2 nitrogen and oxygen atoms in total. The van der Waals surface area contributed by atoms with Crippen molar-refractivity contribution in [2.75, 3.05) is 6.54 Å². The number of nitrogens with one attached hydrogen (secondary N) is 1. The Kier molecular flexibility index (Phi) is 3.07. The highest BCUT2D eigenvalue weighted by molar-refractivity contribution is 7.18. The molecule has 0 radical (unpaired) electrons. The molecule has 1 aliphatic rings. The van der Waals surface area contributed by atoms with Crippen LogP contribution < -0.4 is 5.32 Å². The Morgan fingerprint density at radius 2 is 2.35 bits per heavy atom. The summed E-state index contributed by atoms with van der Waals surface area (Å²) in [5, 5.41) is 5.55. The van der Waals surface area contributed by atoms with Crippen LogP contribution in [0, 0.1) is 5.92 Å². The van der Waals surface area contributed by atoms with Gasteiger partial charge in [0.05, 0.1) is 16.3 Å². The topological polar surface area (TPSA) is 24.9 Å². The summed E-state index contributed by atoms with van der Waals surface area (Å²) in [5.74, 6) is 0.789. The van der Waals surface area contributed by atoms with Crippen LogP contribution in [-0.4, -0.2) is 11.5 Å². The van der Waals surface area contributed by atoms with Gasteiger partial charge in [0.15, 0.2) is 0 Å². The summed E-state index contributed by atoms with van der Waals surface area (Å²) in [5.41, 5.74) is 1.06. The molecule has 4 heteroatoms. The fourth-order valence-electron chi connectivity index (χ4n) is 2.36. The van der Waals surface area contributed by atoms with Gasteiger partial charge >= 0.3 is 0 Å². The number of piperidine rings is 1. The molecule has 1 fully saturated rings. The summed E-state index contributed by atoms with van der Waals surface area (Å²) in [4.78, 5) is 4.71. The number of aromatic nitrogens is 1. The van der Waals surface area contributed by atoms with E-state index in [4.69, 9.17) is 16.6 Å². The SMILES string of the molecule is CC1CCNC(c2nc3ccc(Cl)cc3s2)C1. The molecule has 3 rings (SSSR count). The Hall–Kier alpha value is -0.640. The van der Waals surface area contributed by atoms with Crippen LogP contribution in [0.5, 0.6) is 0 Å². The zero-order valence-corrected chi connectivity index (χ0v) is 11.3. The van der Waals surface area contributed by atoms with Crippen molar-refractivity contribution in [2.45, 2.75) is 25.8 Å². The Bertz CT molecular complexity index is 537. The molecule has 0 spiro atoms. The lowest BCUT2D eigenvalue weighted by molar-refractivity contribution is 0.325. The lowest BCUT2D eigenvalue weighted by atomic mass is 9.95. The Morgan fingerprint density at radius 1 is 1.47 bits per heavy atom. The highest BCUT2D eigenvalue weighted by Crippen LogP contribution is 2.33. The average molecular weight is 267 g/mol. The quantitative estimate of drug-likeness (QED) is 0.844. The van der Waals surface area contributed by atoms with Gasteiger partial charge in [0, 0.05) is 5.02 Å². The first-order chi connectivity index (χ1) is 8.22. The molecule has 2 unspecified atom stereocenters. The van der Waals surface area contributed by atoms with Gasteiger partial charge < -0.3 is 5.32 Å². The molecular weight excluding hydrogens is 252 g/mol. The average Bonchev–Trinajstić information content (AvgIpc) is 2.72. The van der Waals surface area contributed by atoms with Gasteiger partial charge in [-0.25, -0.2) is 4.98 Å². The van der Waals surface area contributed by atoms with Crippen LogP contribution in [0.2, 0.25) is 5.02 Å². The second-order valence-corrected chi connectivity index (χ2v) is 6.30. The van der Waals surface area contributed by atoms with Crippen molar-refractivity contribution < 1.29 is 0 Å². The standard InChI is InChI=1S/C13H15ClN2S/c1-8-4-5-15-11(6-8)13-16-10-3-2-9(14)7-12(10)17-13/h2-3,7-8,11,15H,4-6H2,1H3. The smallest absolute Gasteiger partial charge is 0.111 e. The molecular formula is C13H15ClN2S. The molecule has 1 aromatic carbocycles. The Labute approximate surface area is 110 Å². The third kappa shape index (κ3) is 2.32. The predicted molar refractivity (Wildman–Crippen MR) is 73.8 cm³/mol. The fourth-order valence-corrected chi connectivity index (χ4v) is 3.69. The number of benzene rings is 1. The molecule has 90 valence electrons. The van der Waals surface area contributed by atoms with E-state index in [2.05, 4.69) is 12.2 Å².